The highest BCUT2D eigenvalue weighted by Crippen LogP contribution is 2.20. The summed E-state index contributed by atoms with van der Waals surface area (Å²) < 4.78 is 1.66. The number of aromatic nitrogens is 2. The van der Waals surface area contributed by atoms with Gasteiger partial charge < -0.3 is 5.11 Å². The molecule has 0 saturated heterocycles. The summed E-state index contributed by atoms with van der Waals surface area (Å²) in [6.45, 7) is 0. The van der Waals surface area contributed by atoms with Crippen molar-refractivity contribution in [2.45, 2.75) is 0 Å². The van der Waals surface area contributed by atoms with Crippen LogP contribution in [0.4, 0.5) is 5.95 Å². The van der Waals surface area contributed by atoms with E-state index in [1.165, 1.54) is 6.21 Å². The Morgan fingerprint density at radius 1 is 1.17 bits per heavy atom. The number of phenols is 1. The molecule has 2 rings (SSSR count). The van der Waals surface area contributed by atoms with Crippen molar-refractivity contribution in [2.24, 2.45) is 5.10 Å². The van der Waals surface area contributed by atoms with E-state index < -0.39 is 0 Å². The Morgan fingerprint density at radius 3 is 2.61 bits per heavy atom. The molecule has 92 valence electrons. The third-order valence-electron chi connectivity index (χ3n) is 1.98. The zero-order valence-electron chi connectivity index (χ0n) is 9.01. The molecule has 0 atom stereocenters. The second-order valence-corrected chi connectivity index (χ2v) is 5.13. The topological polar surface area (TPSA) is 70.4 Å². The molecule has 0 aliphatic heterocycles. The summed E-state index contributed by atoms with van der Waals surface area (Å²) >= 11 is 6.56. The maximum absolute atomic E-state index is 9.59. The quantitative estimate of drug-likeness (QED) is 0.642. The van der Waals surface area contributed by atoms with Crippen LogP contribution in [0.1, 0.15) is 5.56 Å². The molecule has 0 amide bonds. The average Bonchev–Trinajstić information content (AvgIpc) is 2.36. The van der Waals surface area contributed by atoms with Crippen LogP contribution in [0.3, 0.4) is 0 Å². The molecule has 0 fully saturated rings. The third kappa shape index (κ3) is 3.51. The summed E-state index contributed by atoms with van der Waals surface area (Å²) in [6.07, 6.45) is 4.72. The van der Waals surface area contributed by atoms with Crippen LogP contribution >= 0.6 is 31.9 Å². The average molecular weight is 372 g/mol. The van der Waals surface area contributed by atoms with Gasteiger partial charge in [-0.05, 0) is 34.1 Å². The predicted molar refractivity (Wildman–Crippen MR) is 76.8 cm³/mol. The number of aromatic hydroxyl groups is 1. The Labute approximate surface area is 120 Å². The number of nitrogens with one attached hydrogen (secondary N) is 1. The van der Waals surface area contributed by atoms with E-state index in [2.05, 4.69) is 52.4 Å². The summed E-state index contributed by atoms with van der Waals surface area (Å²) in [7, 11) is 0. The lowest BCUT2D eigenvalue weighted by atomic mass is 10.2. The molecule has 1 heterocycles. The van der Waals surface area contributed by atoms with Crippen molar-refractivity contribution in [2.75, 3.05) is 5.43 Å². The van der Waals surface area contributed by atoms with Crippen LogP contribution in [0.5, 0.6) is 5.75 Å². The van der Waals surface area contributed by atoms with Crippen molar-refractivity contribution < 1.29 is 5.11 Å². The van der Waals surface area contributed by atoms with E-state index in [0.29, 0.717) is 11.5 Å². The second-order valence-electron chi connectivity index (χ2n) is 3.30. The highest BCUT2D eigenvalue weighted by molar-refractivity contribution is 9.10. The van der Waals surface area contributed by atoms with Crippen LogP contribution < -0.4 is 5.43 Å². The molecule has 0 bridgehead atoms. The molecule has 2 N–H and O–H groups in total. The fraction of sp³-hybridized carbons (Fsp3) is 0. The minimum absolute atomic E-state index is 0.153. The Balaban J connectivity index is 2.07. The smallest absolute Gasteiger partial charge is 0.243 e. The van der Waals surface area contributed by atoms with E-state index >= 15 is 0 Å². The van der Waals surface area contributed by atoms with Crippen LogP contribution in [-0.2, 0) is 0 Å². The molecule has 0 unspecified atom stereocenters. The van der Waals surface area contributed by atoms with Crippen molar-refractivity contribution in [1.29, 1.82) is 0 Å². The molecule has 0 aliphatic rings. The van der Waals surface area contributed by atoms with Crippen LogP contribution in [0.2, 0.25) is 0 Å². The number of anilines is 1. The van der Waals surface area contributed by atoms with Crippen molar-refractivity contribution >= 4 is 44.0 Å². The highest BCUT2D eigenvalue weighted by Gasteiger charge is 1.98. The Morgan fingerprint density at radius 2 is 1.89 bits per heavy atom. The molecule has 5 nitrogen and oxygen atoms in total. The molecule has 1 aromatic carbocycles. The normalized spacial score (nSPS) is 10.8. The Hall–Kier alpha value is -1.47. The number of hydrogen-bond donors (Lipinski definition) is 2. The number of nitrogens with zero attached hydrogens (tertiary/aromatic N) is 3. The molecule has 7 heteroatoms. The number of benzene rings is 1. The lowest BCUT2D eigenvalue weighted by molar-refractivity contribution is 0.474. The third-order valence-corrected chi connectivity index (χ3v) is 2.88. The van der Waals surface area contributed by atoms with E-state index in [9.17, 15) is 5.11 Å². The molecule has 0 aliphatic carbocycles. The molecular weight excluding hydrogens is 364 g/mol. The van der Waals surface area contributed by atoms with Crippen LogP contribution in [0, 0.1) is 0 Å². The van der Waals surface area contributed by atoms with Crippen molar-refractivity contribution in [3.05, 3.63) is 45.1 Å². The zero-order valence-corrected chi connectivity index (χ0v) is 12.2. The minimum Gasteiger partial charge on any atom is -0.507 e. The first-order chi connectivity index (χ1) is 8.65. The van der Waals surface area contributed by atoms with Gasteiger partial charge in [-0.3, -0.25) is 0 Å². The molecule has 18 heavy (non-hydrogen) atoms. The fourth-order valence-corrected chi connectivity index (χ4v) is 1.74. The molecule has 1 aromatic heterocycles. The number of hydrazone groups is 1. The van der Waals surface area contributed by atoms with Gasteiger partial charge in [0.05, 0.1) is 10.7 Å². The summed E-state index contributed by atoms with van der Waals surface area (Å²) in [6, 6.07) is 5.09. The van der Waals surface area contributed by atoms with Crippen molar-refractivity contribution in [3.8, 4) is 5.75 Å². The predicted octanol–water partition coefficient (Wildman–Crippen LogP) is 3.15. The van der Waals surface area contributed by atoms with Gasteiger partial charge >= 0.3 is 0 Å². The lowest BCUT2D eigenvalue weighted by Gasteiger charge is -2.00. The first-order valence-electron chi connectivity index (χ1n) is 4.90. The fourth-order valence-electron chi connectivity index (χ4n) is 1.16. The largest absolute Gasteiger partial charge is 0.507 e. The summed E-state index contributed by atoms with van der Waals surface area (Å²) in [5, 5.41) is 13.5. The number of hydrogen-bond acceptors (Lipinski definition) is 5. The van der Waals surface area contributed by atoms with Gasteiger partial charge in [-0.25, -0.2) is 15.4 Å². The van der Waals surface area contributed by atoms with Gasteiger partial charge in [-0.15, -0.1) is 0 Å². The van der Waals surface area contributed by atoms with Gasteiger partial charge in [0.15, 0.2) is 0 Å². The van der Waals surface area contributed by atoms with Crippen molar-refractivity contribution in [3.63, 3.8) is 0 Å². The van der Waals surface area contributed by atoms with Crippen LogP contribution in [-0.4, -0.2) is 21.3 Å². The number of rotatable bonds is 3. The number of phenolic OH excluding ortho intramolecular Hbond substituents is 1. The Kier molecular flexibility index (Phi) is 4.27. The summed E-state index contributed by atoms with van der Waals surface area (Å²) in [4.78, 5) is 7.99. The number of halogens is 2. The first kappa shape index (κ1) is 13.0. The molecular formula is C11H8Br2N4O. The SMILES string of the molecule is Oc1ccc(Br)cc1/C=N/Nc1ncc(Br)cn1. The van der Waals surface area contributed by atoms with Gasteiger partial charge in [-0.1, -0.05) is 15.9 Å². The van der Waals surface area contributed by atoms with Gasteiger partial charge in [-0.2, -0.15) is 5.10 Å². The van der Waals surface area contributed by atoms with Gasteiger partial charge in [0.25, 0.3) is 0 Å². The maximum Gasteiger partial charge on any atom is 0.243 e. The van der Waals surface area contributed by atoms with Gasteiger partial charge in [0.1, 0.15) is 5.75 Å². The molecule has 0 radical (unpaired) electrons. The van der Waals surface area contributed by atoms with Crippen molar-refractivity contribution in [1.82, 2.24) is 9.97 Å². The molecule has 0 spiro atoms. The van der Waals surface area contributed by atoms with Gasteiger partial charge in [0, 0.05) is 22.4 Å². The highest BCUT2D eigenvalue weighted by atomic mass is 79.9. The maximum atomic E-state index is 9.59. The Bertz CT molecular complexity index is 572. The first-order valence-corrected chi connectivity index (χ1v) is 6.49. The molecule has 2 aromatic rings. The summed E-state index contributed by atoms with van der Waals surface area (Å²) in [5.41, 5.74) is 3.26. The van der Waals surface area contributed by atoms with E-state index in [0.717, 1.165) is 8.95 Å². The minimum atomic E-state index is 0.153. The van der Waals surface area contributed by atoms with E-state index in [1.807, 2.05) is 0 Å². The molecule has 0 saturated carbocycles. The van der Waals surface area contributed by atoms with E-state index in [4.69, 9.17) is 0 Å². The zero-order chi connectivity index (χ0) is 13.0. The van der Waals surface area contributed by atoms with Gasteiger partial charge in [0.2, 0.25) is 5.95 Å². The van der Waals surface area contributed by atoms with Crippen LogP contribution in [0.25, 0.3) is 0 Å². The van der Waals surface area contributed by atoms with E-state index in [1.54, 1.807) is 30.6 Å². The second kappa shape index (κ2) is 5.92. The van der Waals surface area contributed by atoms with E-state index in [-0.39, 0.29) is 5.75 Å². The summed E-state index contributed by atoms with van der Waals surface area (Å²) in [5.74, 6) is 0.532. The van der Waals surface area contributed by atoms with Crippen LogP contribution in [0.15, 0.2) is 44.6 Å². The lowest BCUT2D eigenvalue weighted by Crippen LogP contribution is -1.96. The monoisotopic (exact) mass is 370 g/mol. The standard InChI is InChI=1S/C11H8Br2N4O/c12-8-1-2-10(18)7(3-8)4-16-17-11-14-5-9(13)6-15-11/h1-6,18H,(H,14,15,17)/b16-4+.